The van der Waals surface area contributed by atoms with Crippen LogP contribution in [0.2, 0.25) is 0 Å². The highest BCUT2D eigenvalue weighted by atomic mass is 16.6. The maximum absolute atomic E-state index is 12.3. The van der Waals surface area contributed by atoms with E-state index in [1.165, 1.54) is 6.92 Å². The number of carbonyl (C=O) groups excluding carboxylic acids is 1. The van der Waals surface area contributed by atoms with E-state index >= 15 is 0 Å². The topological polar surface area (TPSA) is 94.1 Å². The Morgan fingerprint density at radius 1 is 1.33 bits per heavy atom. The number of piperidine rings is 1. The number of nitrogens with one attached hydrogen (secondary N) is 2. The van der Waals surface area contributed by atoms with E-state index in [9.17, 15) is 15.0 Å². The van der Waals surface area contributed by atoms with Crippen LogP contribution in [0.25, 0.3) is 0 Å². The third-order valence-corrected chi connectivity index (χ3v) is 4.35. The Morgan fingerprint density at radius 2 is 1.95 bits per heavy atom. The summed E-state index contributed by atoms with van der Waals surface area (Å²) < 4.78 is 5.55. The minimum atomic E-state index is -1.01. The minimum absolute atomic E-state index is 0.142. The zero-order valence-corrected chi connectivity index (χ0v) is 13.4. The third kappa shape index (κ3) is 3.22. The van der Waals surface area contributed by atoms with Gasteiger partial charge in [0.15, 0.2) is 0 Å². The summed E-state index contributed by atoms with van der Waals surface area (Å²) >= 11 is 0. The Kier molecular flexibility index (Phi) is 4.10. The smallest absolute Gasteiger partial charge is 0.242 e. The van der Waals surface area contributed by atoms with Crippen molar-refractivity contribution in [2.24, 2.45) is 10.8 Å². The first kappa shape index (κ1) is 16.6. The van der Waals surface area contributed by atoms with Gasteiger partial charge >= 0.3 is 0 Å². The Labute approximate surface area is 125 Å². The molecule has 2 fully saturated rings. The fourth-order valence-corrected chi connectivity index (χ4v) is 3.19. The lowest BCUT2D eigenvalue weighted by molar-refractivity contribution is -0.237. The molecule has 1 heterocycles. The average molecular weight is 301 g/mol. The molecule has 4 atom stereocenters. The fourth-order valence-electron chi connectivity index (χ4n) is 3.19. The highest BCUT2D eigenvalue weighted by Gasteiger charge is 2.74. The maximum atomic E-state index is 12.3. The fraction of sp³-hybridized carbons (Fsp3) is 0.929. The van der Waals surface area contributed by atoms with Gasteiger partial charge in [-0.1, -0.05) is 6.92 Å². The zero-order chi connectivity index (χ0) is 16.1. The number of hydrazine groups is 1. The van der Waals surface area contributed by atoms with E-state index in [1.54, 1.807) is 4.90 Å². The molecule has 0 aromatic carbocycles. The summed E-state index contributed by atoms with van der Waals surface area (Å²) in [5.41, 5.74) is 3.95. The molecule has 1 saturated carbocycles. The number of nitrogens with zero attached hydrogens (tertiary/aromatic N) is 1. The van der Waals surface area contributed by atoms with Gasteiger partial charge in [0.25, 0.3) is 0 Å². The second kappa shape index (κ2) is 5.17. The second-order valence-electron chi connectivity index (χ2n) is 7.56. The number of fused-ring (bicyclic) bond motifs is 1. The number of aliphatic hydroxyl groups excluding tert-OH is 2. The van der Waals surface area contributed by atoms with Crippen LogP contribution in [-0.2, 0) is 9.53 Å². The number of ether oxygens (including phenoxy) is 1. The Hall–Kier alpha value is -0.730. The van der Waals surface area contributed by atoms with Gasteiger partial charge in [-0.2, -0.15) is 0 Å². The molecule has 2 rings (SSSR count). The van der Waals surface area contributed by atoms with Gasteiger partial charge in [-0.3, -0.25) is 15.1 Å². The molecule has 0 radical (unpaired) electrons. The van der Waals surface area contributed by atoms with Crippen LogP contribution in [-0.4, -0.2) is 52.4 Å². The quantitative estimate of drug-likeness (QED) is 0.413. The first-order valence-corrected chi connectivity index (χ1v) is 7.33. The molecule has 21 heavy (non-hydrogen) atoms. The van der Waals surface area contributed by atoms with E-state index in [1.807, 2.05) is 27.7 Å². The molecule has 4 N–H and O–H groups in total. The standard InChI is InChI=1S/C14H27N3O4/c1-9(18)15-16-10(19)14-6-13(14,5)7-17(8-14)11(20)21-12(2,3)4/h9,11,15,18,20H,6-8H2,1-5H3,(H,16,19). The molecule has 0 aromatic heterocycles. The largest absolute Gasteiger partial charge is 0.377 e. The van der Waals surface area contributed by atoms with Gasteiger partial charge in [0, 0.05) is 13.1 Å². The van der Waals surface area contributed by atoms with Gasteiger partial charge in [0.2, 0.25) is 12.3 Å². The van der Waals surface area contributed by atoms with Crippen molar-refractivity contribution in [2.45, 2.75) is 59.3 Å². The van der Waals surface area contributed by atoms with Crippen LogP contribution >= 0.6 is 0 Å². The van der Waals surface area contributed by atoms with Crippen molar-refractivity contribution in [1.82, 2.24) is 15.8 Å². The molecule has 7 heteroatoms. The molecule has 2 aliphatic rings. The molecule has 7 nitrogen and oxygen atoms in total. The first-order chi connectivity index (χ1) is 9.49. The molecule has 1 aliphatic heterocycles. The summed E-state index contributed by atoms with van der Waals surface area (Å²) in [6.45, 7) is 10.3. The lowest BCUT2D eigenvalue weighted by Gasteiger charge is -2.31. The summed E-state index contributed by atoms with van der Waals surface area (Å²) in [5.74, 6) is -0.142. The van der Waals surface area contributed by atoms with Crippen LogP contribution in [0.3, 0.4) is 0 Å². The summed E-state index contributed by atoms with van der Waals surface area (Å²) in [6.07, 6.45) is -1.03. The molecule has 0 spiro atoms. The molecular weight excluding hydrogens is 274 g/mol. The summed E-state index contributed by atoms with van der Waals surface area (Å²) in [6, 6.07) is 0. The molecule has 4 unspecified atom stereocenters. The monoisotopic (exact) mass is 301 g/mol. The molecule has 122 valence electrons. The number of aliphatic hydroxyl groups is 2. The van der Waals surface area contributed by atoms with Crippen LogP contribution in [0, 0.1) is 10.8 Å². The van der Waals surface area contributed by atoms with E-state index in [4.69, 9.17) is 4.74 Å². The summed E-state index contributed by atoms with van der Waals surface area (Å²) in [4.78, 5) is 14.1. The lowest BCUT2D eigenvalue weighted by Crippen LogP contribution is -2.49. The molecule has 0 aromatic rings. The third-order valence-electron chi connectivity index (χ3n) is 4.35. The predicted octanol–water partition coefficient (Wildman–Crippen LogP) is -0.251. The van der Waals surface area contributed by atoms with Crippen LogP contribution < -0.4 is 10.9 Å². The summed E-state index contributed by atoms with van der Waals surface area (Å²) in [7, 11) is 0. The normalized spacial score (nSPS) is 35.2. The average Bonchev–Trinajstić information content (AvgIpc) is 2.78. The number of likely N-dealkylation sites (tertiary alicyclic amines) is 1. The Balaban J connectivity index is 1.97. The van der Waals surface area contributed by atoms with E-state index in [0.29, 0.717) is 13.1 Å². The van der Waals surface area contributed by atoms with Gasteiger partial charge in [-0.05, 0) is 39.5 Å². The van der Waals surface area contributed by atoms with Gasteiger partial charge in [-0.25, -0.2) is 5.43 Å². The van der Waals surface area contributed by atoms with Crippen molar-refractivity contribution in [2.75, 3.05) is 13.1 Å². The Bertz CT molecular complexity index is 423. The van der Waals surface area contributed by atoms with E-state index in [-0.39, 0.29) is 11.3 Å². The van der Waals surface area contributed by atoms with Crippen LogP contribution in [0.15, 0.2) is 0 Å². The van der Waals surface area contributed by atoms with E-state index in [2.05, 4.69) is 10.9 Å². The highest BCUT2D eigenvalue weighted by Crippen LogP contribution is 2.68. The molecule has 1 amide bonds. The number of hydrogen-bond acceptors (Lipinski definition) is 6. The number of hydrogen-bond donors (Lipinski definition) is 4. The van der Waals surface area contributed by atoms with Crippen molar-refractivity contribution >= 4 is 5.91 Å². The second-order valence-corrected chi connectivity index (χ2v) is 7.56. The maximum Gasteiger partial charge on any atom is 0.242 e. The van der Waals surface area contributed by atoms with Gasteiger partial charge in [0.05, 0.1) is 11.0 Å². The molecule has 1 saturated heterocycles. The number of rotatable bonds is 5. The highest BCUT2D eigenvalue weighted by molar-refractivity contribution is 5.87. The van der Waals surface area contributed by atoms with Crippen LogP contribution in [0.1, 0.15) is 41.0 Å². The number of amides is 1. The van der Waals surface area contributed by atoms with Gasteiger partial charge < -0.3 is 14.9 Å². The van der Waals surface area contributed by atoms with Gasteiger partial charge in [0.1, 0.15) is 6.23 Å². The van der Waals surface area contributed by atoms with E-state index in [0.717, 1.165) is 6.42 Å². The van der Waals surface area contributed by atoms with Crippen molar-refractivity contribution in [3.8, 4) is 0 Å². The van der Waals surface area contributed by atoms with Crippen molar-refractivity contribution in [3.63, 3.8) is 0 Å². The number of carbonyl (C=O) groups is 1. The summed E-state index contributed by atoms with van der Waals surface area (Å²) in [5, 5.41) is 19.3. The van der Waals surface area contributed by atoms with Crippen molar-refractivity contribution < 1.29 is 19.7 Å². The van der Waals surface area contributed by atoms with Crippen molar-refractivity contribution in [3.05, 3.63) is 0 Å². The van der Waals surface area contributed by atoms with Gasteiger partial charge in [-0.15, -0.1) is 0 Å². The minimum Gasteiger partial charge on any atom is -0.377 e. The predicted molar refractivity (Wildman–Crippen MR) is 76.5 cm³/mol. The molecule has 1 aliphatic carbocycles. The Morgan fingerprint density at radius 3 is 2.48 bits per heavy atom. The zero-order valence-electron chi connectivity index (χ0n) is 13.4. The lowest BCUT2D eigenvalue weighted by atomic mass is 9.98. The van der Waals surface area contributed by atoms with Crippen LogP contribution in [0.4, 0.5) is 0 Å². The van der Waals surface area contributed by atoms with E-state index < -0.39 is 23.7 Å². The molecule has 0 bridgehead atoms. The van der Waals surface area contributed by atoms with Crippen LogP contribution in [0.5, 0.6) is 0 Å². The van der Waals surface area contributed by atoms with Crippen molar-refractivity contribution in [1.29, 1.82) is 0 Å². The first-order valence-electron chi connectivity index (χ1n) is 7.33. The molecular formula is C14H27N3O4. The SMILES string of the molecule is CC(O)NNC(=O)C12CN(C(O)OC(C)(C)C)CC1(C)C2.